The van der Waals surface area contributed by atoms with Gasteiger partial charge in [0, 0.05) is 54.7 Å². The second kappa shape index (κ2) is 15.2. The molecule has 0 fully saturated rings. The highest BCUT2D eigenvalue weighted by atomic mass is 16.3. The molecule has 0 saturated heterocycles. The molecule has 0 aliphatic carbocycles. The third-order valence-corrected chi connectivity index (χ3v) is 12.1. The molecule has 3 heterocycles. The maximum atomic E-state index is 6.62. The number of nitrogens with zero attached hydrogens (tertiary/aromatic N) is 3. The lowest BCUT2D eigenvalue weighted by Crippen LogP contribution is -1.96. The Kier molecular flexibility index (Phi) is 8.79. The van der Waals surface area contributed by atoms with Crippen LogP contribution in [0.3, 0.4) is 0 Å². The minimum Gasteiger partial charge on any atom is -0.456 e. The van der Waals surface area contributed by atoms with Gasteiger partial charge in [0.05, 0.1) is 22.6 Å². The summed E-state index contributed by atoms with van der Waals surface area (Å²) in [6.07, 6.45) is 0. The maximum absolute atomic E-state index is 6.62. The average Bonchev–Trinajstić information content (AvgIpc) is 3.74. The summed E-state index contributed by atoms with van der Waals surface area (Å²) in [5.74, 6) is 0.692. The van der Waals surface area contributed by atoms with Gasteiger partial charge in [-0.1, -0.05) is 194 Å². The number of pyridine rings is 1. The molecule has 3 aromatic heterocycles. The quantitative estimate of drug-likeness (QED) is 0.151. The average molecular weight is 804 g/mol. The lowest BCUT2D eigenvalue weighted by atomic mass is 9.89. The lowest BCUT2D eigenvalue weighted by Gasteiger charge is -2.16. The molecule has 0 aliphatic heterocycles. The van der Waals surface area contributed by atoms with E-state index in [9.17, 15) is 0 Å². The second-order valence-corrected chi connectivity index (χ2v) is 15.9. The van der Waals surface area contributed by atoms with Crippen molar-refractivity contribution < 1.29 is 4.42 Å². The summed E-state index contributed by atoms with van der Waals surface area (Å²) >= 11 is 0. The summed E-state index contributed by atoms with van der Waals surface area (Å²) < 4.78 is 6.62. The van der Waals surface area contributed by atoms with E-state index in [2.05, 4.69) is 194 Å². The summed E-state index contributed by atoms with van der Waals surface area (Å²) in [5, 5.41) is 5.56. The van der Waals surface area contributed by atoms with E-state index in [1.807, 2.05) is 30.3 Å². The summed E-state index contributed by atoms with van der Waals surface area (Å²) in [4.78, 5) is 15.6. The van der Waals surface area contributed by atoms with Crippen molar-refractivity contribution in [1.29, 1.82) is 0 Å². The van der Waals surface area contributed by atoms with Gasteiger partial charge in [-0.2, -0.15) is 0 Å². The molecule has 12 rings (SSSR count). The van der Waals surface area contributed by atoms with Crippen molar-refractivity contribution in [1.82, 2.24) is 15.0 Å². The molecule has 0 bridgehead atoms. The van der Waals surface area contributed by atoms with Gasteiger partial charge in [0.2, 0.25) is 0 Å². The standard InChI is InChI=1S/C59H37N3O/c1-4-15-38(16-5-1)39-27-31-41(32-28-39)51-37-52(62-59(61-51)44-19-8-3-9-20-44)42-33-29-40(30-34-42)45-21-14-22-46(35-45)58-49-36-54-57(48-24-11-13-26-53(48)63-54)55(43-17-6-2-7-18-43)56(49)47-23-10-12-25-50(47)60-58/h1-37H. The molecule has 0 N–H and O–H groups in total. The topological polar surface area (TPSA) is 51.8 Å². The van der Waals surface area contributed by atoms with Crippen LogP contribution < -0.4 is 0 Å². The lowest BCUT2D eigenvalue weighted by molar-refractivity contribution is 0.669. The van der Waals surface area contributed by atoms with E-state index in [-0.39, 0.29) is 0 Å². The Morgan fingerprint density at radius 1 is 0.286 bits per heavy atom. The van der Waals surface area contributed by atoms with Gasteiger partial charge in [0.1, 0.15) is 11.2 Å². The van der Waals surface area contributed by atoms with Gasteiger partial charge in [-0.25, -0.2) is 15.0 Å². The maximum Gasteiger partial charge on any atom is 0.160 e. The van der Waals surface area contributed by atoms with Crippen molar-refractivity contribution >= 4 is 43.6 Å². The monoisotopic (exact) mass is 803 g/mol. The van der Waals surface area contributed by atoms with Crippen molar-refractivity contribution in [3.63, 3.8) is 0 Å². The van der Waals surface area contributed by atoms with Gasteiger partial charge >= 0.3 is 0 Å². The second-order valence-electron chi connectivity index (χ2n) is 15.9. The summed E-state index contributed by atoms with van der Waals surface area (Å²) in [7, 11) is 0. The molecule has 12 aromatic rings. The van der Waals surface area contributed by atoms with Gasteiger partial charge in [0.15, 0.2) is 5.82 Å². The molecule has 0 aliphatic rings. The third-order valence-electron chi connectivity index (χ3n) is 12.1. The third kappa shape index (κ3) is 6.53. The highest BCUT2D eigenvalue weighted by molar-refractivity contribution is 6.27. The minimum absolute atomic E-state index is 0.692. The van der Waals surface area contributed by atoms with E-state index in [1.165, 1.54) is 16.5 Å². The minimum atomic E-state index is 0.692. The fraction of sp³-hybridized carbons (Fsp3) is 0. The van der Waals surface area contributed by atoms with Crippen LogP contribution in [-0.2, 0) is 0 Å². The Labute approximate surface area is 364 Å². The van der Waals surface area contributed by atoms with E-state index in [4.69, 9.17) is 19.4 Å². The Balaban J connectivity index is 0.964. The van der Waals surface area contributed by atoms with Crippen molar-refractivity contribution in [3.05, 3.63) is 224 Å². The van der Waals surface area contributed by atoms with Crippen LogP contribution in [0.25, 0.3) is 122 Å². The van der Waals surface area contributed by atoms with Gasteiger partial charge in [-0.3, -0.25) is 0 Å². The molecular weight excluding hydrogens is 767 g/mol. The van der Waals surface area contributed by atoms with Crippen LogP contribution in [0.2, 0.25) is 0 Å². The fourth-order valence-corrected chi connectivity index (χ4v) is 9.03. The van der Waals surface area contributed by atoms with E-state index >= 15 is 0 Å². The van der Waals surface area contributed by atoms with Crippen LogP contribution in [0.5, 0.6) is 0 Å². The Hall–Kier alpha value is -8.47. The number of fused-ring (bicyclic) bond motifs is 6. The van der Waals surface area contributed by atoms with Gasteiger partial charge in [-0.05, 0) is 58.1 Å². The highest BCUT2D eigenvalue weighted by Gasteiger charge is 2.22. The molecular formula is C59H37N3O. The molecule has 0 unspecified atom stereocenters. The molecule has 63 heavy (non-hydrogen) atoms. The van der Waals surface area contributed by atoms with Crippen LogP contribution in [0.1, 0.15) is 0 Å². The molecule has 0 amide bonds. The summed E-state index contributed by atoms with van der Waals surface area (Å²) in [6, 6.07) is 78.5. The first-order valence-corrected chi connectivity index (χ1v) is 21.3. The van der Waals surface area contributed by atoms with Crippen molar-refractivity contribution in [2.24, 2.45) is 0 Å². The first-order chi connectivity index (χ1) is 31.2. The van der Waals surface area contributed by atoms with Crippen LogP contribution in [0, 0.1) is 0 Å². The molecule has 0 saturated carbocycles. The number of benzene rings is 9. The Bertz CT molecular complexity index is 3640. The fourth-order valence-electron chi connectivity index (χ4n) is 9.03. The summed E-state index contributed by atoms with van der Waals surface area (Å²) in [6.45, 7) is 0. The molecule has 0 radical (unpaired) electrons. The van der Waals surface area contributed by atoms with E-state index in [0.717, 1.165) is 99.8 Å². The summed E-state index contributed by atoms with van der Waals surface area (Å²) in [5.41, 5.74) is 16.2. The van der Waals surface area contributed by atoms with E-state index in [1.54, 1.807) is 0 Å². The van der Waals surface area contributed by atoms with Crippen LogP contribution in [-0.4, -0.2) is 15.0 Å². The zero-order chi connectivity index (χ0) is 41.7. The van der Waals surface area contributed by atoms with Crippen molar-refractivity contribution in [2.75, 3.05) is 0 Å². The van der Waals surface area contributed by atoms with E-state index in [0.29, 0.717) is 5.82 Å². The van der Waals surface area contributed by atoms with Crippen molar-refractivity contribution in [2.45, 2.75) is 0 Å². The number of furan rings is 1. The number of para-hydroxylation sites is 2. The predicted octanol–water partition coefficient (Wildman–Crippen LogP) is 15.7. The van der Waals surface area contributed by atoms with Gasteiger partial charge < -0.3 is 4.42 Å². The zero-order valence-electron chi connectivity index (χ0n) is 34.1. The normalized spacial score (nSPS) is 11.5. The number of rotatable bonds is 7. The van der Waals surface area contributed by atoms with Crippen molar-refractivity contribution in [3.8, 4) is 78.5 Å². The first-order valence-electron chi connectivity index (χ1n) is 21.3. The molecule has 4 heteroatoms. The largest absolute Gasteiger partial charge is 0.456 e. The predicted molar refractivity (Wildman–Crippen MR) is 260 cm³/mol. The van der Waals surface area contributed by atoms with Crippen LogP contribution in [0.15, 0.2) is 229 Å². The van der Waals surface area contributed by atoms with Crippen LogP contribution >= 0.6 is 0 Å². The molecule has 4 nitrogen and oxygen atoms in total. The molecule has 9 aromatic carbocycles. The SMILES string of the molecule is c1ccc(-c2ccc(-c3cc(-c4ccc(-c5cccc(-c6nc7ccccc7c7c(-c8ccccc8)c8c(cc67)oc6ccccc68)c5)cc4)nc(-c4ccccc4)n3)cc2)cc1. The zero-order valence-corrected chi connectivity index (χ0v) is 34.1. The van der Waals surface area contributed by atoms with Crippen LogP contribution in [0.4, 0.5) is 0 Å². The number of hydrogen-bond donors (Lipinski definition) is 0. The first kappa shape index (κ1) is 36.4. The number of hydrogen-bond acceptors (Lipinski definition) is 4. The van der Waals surface area contributed by atoms with Gasteiger partial charge in [0.25, 0.3) is 0 Å². The van der Waals surface area contributed by atoms with E-state index < -0.39 is 0 Å². The molecule has 294 valence electrons. The molecule has 0 atom stereocenters. The number of aromatic nitrogens is 3. The van der Waals surface area contributed by atoms with Gasteiger partial charge in [-0.15, -0.1) is 0 Å². The molecule has 0 spiro atoms. The highest BCUT2D eigenvalue weighted by Crippen LogP contribution is 2.46. The Morgan fingerprint density at radius 3 is 1.48 bits per heavy atom. The smallest absolute Gasteiger partial charge is 0.160 e. The Morgan fingerprint density at radius 2 is 0.794 bits per heavy atom.